The van der Waals surface area contributed by atoms with Crippen LogP contribution < -0.4 is 0 Å². The third kappa shape index (κ3) is 3.88. The zero-order valence-electron chi connectivity index (χ0n) is 21.1. The van der Waals surface area contributed by atoms with Crippen molar-refractivity contribution in [3.63, 3.8) is 0 Å². The number of hydrogen-bond acceptors (Lipinski definition) is 2. The molecule has 0 saturated carbocycles. The van der Waals surface area contributed by atoms with Crippen molar-refractivity contribution >= 4 is 23.2 Å². The quantitative estimate of drug-likeness (QED) is 0.226. The van der Waals surface area contributed by atoms with E-state index in [0.717, 1.165) is 22.5 Å². The highest BCUT2D eigenvalue weighted by atomic mass is 35.5. The van der Waals surface area contributed by atoms with Crippen LogP contribution in [0.25, 0.3) is 11.4 Å². The molecular weight excluding hydrogens is 471 g/mol. The number of hydrogen-bond donors (Lipinski definition) is 0. The first-order valence-corrected chi connectivity index (χ1v) is 12.7. The van der Waals surface area contributed by atoms with Gasteiger partial charge in [0.05, 0.1) is 16.8 Å². The molecule has 0 bridgehead atoms. The molecule has 4 heteroatoms. The van der Waals surface area contributed by atoms with Gasteiger partial charge in [0.15, 0.2) is 0 Å². The van der Waals surface area contributed by atoms with Crippen LogP contribution in [0.15, 0.2) is 72.8 Å². The van der Waals surface area contributed by atoms with Gasteiger partial charge in [0.1, 0.15) is 10.3 Å². The second-order valence-electron chi connectivity index (χ2n) is 11.5. The highest BCUT2D eigenvalue weighted by Crippen LogP contribution is 2.55. The van der Waals surface area contributed by atoms with Crippen LogP contribution in [0, 0.1) is 0 Å². The molecule has 35 heavy (non-hydrogen) atoms. The molecule has 4 aromatic rings. The van der Waals surface area contributed by atoms with Crippen LogP contribution in [-0.2, 0) is 16.2 Å². The summed E-state index contributed by atoms with van der Waals surface area (Å²) in [6, 6.07) is 25.9. The van der Waals surface area contributed by atoms with Crippen LogP contribution in [0.3, 0.4) is 0 Å². The van der Waals surface area contributed by atoms with Gasteiger partial charge in [-0.25, -0.2) is 9.97 Å². The summed E-state index contributed by atoms with van der Waals surface area (Å²) in [5.41, 5.74) is 8.19. The lowest BCUT2D eigenvalue weighted by Gasteiger charge is -2.34. The Hall–Kier alpha value is -2.68. The average Bonchev–Trinajstić information content (AvgIpc) is 3.08. The van der Waals surface area contributed by atoms with Crippen LogP contribution in [-0.4, -0.2) is 9.97 Å². The monoisotopic (exact) mass is 500 g/mol. The Balaban J connectivity index is 1.86. The van der Waals surface area contributed by atoms with Crippen molar-refractivity contribution in [2.24, 2.45) is 0 Å². The van der Waals surface area contributed by atoms with E-state index in [2.05, 4.69) is 102 Å². The number of rotatable bonds is 2. The largest absolute Gasteiger partial charge is 0.234 e. The maximum Gasteiger partial charge on any atom is 0.129 e. The summed E-state index contributed by atoms with van der Waals surface area (Å²) in [6.07, 6.45) is 0. The molecule has 2 nitrogen and oxygen atoms in total. The smallest absolute Gasteiger partial charge is 0.129 e. The molecule has 1 aliphatic rings. The first kappa shape index (κ1) is 24.0. The third-order valence-electron chi connectivity index (χ3n) is 7.12. The van der Waals surface area contributed by atoms with Crippen LogP contribution in [0.5, 0.6) is 0 Å². The summed E-state index contributed by atoms with van der Waals surface area (Å²) in [5, 5.41) is 0.886. The Bertz CT molecular complexity index is 1300. The molecule has 0 aliphatic heterocycles. The molecule has 0 amide bonds. The fourth-order valence-electron chi connectivity index (χ4n) is 5.21. The molecule has 178 valence electrons. The average molecular weight is 502 g/mol. The predicted molar refractivity (Wildman–Crippen MR) is 147 cm³/mol. The van der Waals surface area contributed by atoms with Crippen LogP contribution in [0.2, 0.25) is 10.3 Å². The lowest BCUT2D eigenvalue weighted by molar-refractivity contribution is 0.588. The molecular formula is C31H30Cl2N2. The van der Waals surface area contributed by atoms with E-state index in [4.69, 9.17) is 33.2 Å². The predicted octanol–water partition coefficient (Wildman–Crippen LogP) is 8.74. The number of benzene rings is 2. The number of fused-ring (bicyclic) bond motifs is 3. The molecule has 0 radical (unpaired) electrons. The number of nitrogens with zero attached hydrogens (tertiary/aromatic N) is 2. The lowest BCUT2D eigenvalue weighted by atomic mass is 9.67. The topological polar surface area (TPSA) is 25.8 Å². The summed E-state index contributed by atoms with van der Waals surface area (Å²) in [5.74, 6) is 0. The number of pyridine rings is 2. The van der Waals surface area contributed by atoms with Gasteiger partial charge in [-0.05, 0) is 56.3 Å². The molecule has 0 spiro atoms. The maximum atomic E-state index is 6.38. The molecule has 0 atom stereocenters. The van der Waals surface area contributed by atoms with Crippen LogP contribution in [0.1, 0.15) is 74.9 Å². The van der Waals surface area contributed by atoms with Crippen molar-refractivity contribution in [2.75, 3.05) is 0 Å². The Labute approximate surface area is 218 Å². The van der Waals surface area contributed by atoms with Gasteiger partial charge < -0.3 is 0 Å². The van der Waals surface area contributed by atoms with Crippen molar-refractivity contribution in [2.45, 2.75) is 57.8 Å². The van der Waals surface area contributed by atoms with Crippen molar-refractivity contribution < 1.29 is 0 Å². The molecule has 1 aliphatic carbocycles. The Kier molecular flexibility index (Phi) is 5.62. The second-order valence-corrected chi connectivity index (χ2v) is 12.2. The fraction of sp³-hybridized carbons (Fsp3) is 0.290. The number of halogens is 2. The van der Waals surface area contributed by atoms with Crippen molar-refractivity contribution in [1.29, 1.82) is 0 Å². The standard InChI is InChI=1S/C31H30Cl2N2/c1-29(2,3)19-7-11-21(12-8-19)31(22-13-9-20(10-14-22)30(4,5)6)23-15-17-25(32)34-27(23)28-24(31)16-18-26(33)35-28/h7-18H,1-6H3. The van der Waals surface area contributed by atoms with Gasteiger partial charge in [0.25, 0.3) is 0 Å². The Morgan fingerprint density at radius 3 is 1.17 bits per heavy atom. The molecule has 0 fully saturated rings. The molecule has 2 aromatic heterocycles. The van der Waals surface area contributed by atoms with E-state index in [-0.39, 0.29) is 10.8 Å². The van der Waals surface area contributed by atoms with E-state index >= 15 is 0 Å². The lowest BCUT2D eigenvalue weighted by Crippen LogP contribution is -2.29. The van der Waals surface area contributed by atoms with Gasteiger partial charge in [0, 0.05) is 0 Å². The summed E-state index contributed by atoms with van der Waals surface area (Å²) >= 11 is 12.8. The van der Waals surface area contributed by atoms with E-state index in [0.29, 0.717) is 10.3 Å². The number of aromatic nitrogens is 2. The van der Waals surface area contributed by atoms with Crippen molar-refractivity contribution in [3.8, 4) is 11.4 Å². The first-order valence-electron chi connectivity index (χ1n) is 12.0. The highest BCUT2D eigenvalue weighted by molar-refractivity contribution is 6.30. The summed E-state index contributed by atoms with van der Waals surface area (Å²) < 4.78 is 0. The van der Waals surface area contributed by atoms with Gasteiger partial charge in [-0.15, -0.1) is 0 Å². The van der Waals surface area contributed by atoms with Gasteiger partial charge in [-0.2, -0.15) is 0 Å². The molecule has 0 N–H and O–H groups in total. The van der Waals surface area contributed by atoms with Crippen LogP contribution in [0.4, 0.5) is 0 Å². The van der Waals surface area contributed by atoms with Crippen LogP contribution >= 0.6 is 23.2 Å². The normalized spacial score (nSPS) is 14.5. The molecule has 2 aromatic carbocycles. The van der Waals surface area contributed by atoms with Gasteiger partial charge in [-0.3, -0.25) is 0 Å². The van der Waals surface area contributed by atoms with E-state index in [1.807, 2.05) is 12.1 Å². The van der Waals surface area contributed by atoms with E-state index < -0.39 is 5.41 Å². The maximum absolute atomic E-state index is 6.38. The van der Waals surface area contributed by atoms with Gasteiger partial charge in [-0.1, -0.05) is 125 Å². The van der Waals surface area contributed by atoms with Crippen molar-refractivity contribution in [1.82, 2.24) is 9.97 Å². The van der Waals surface area contributed by atoms with Gasteiger partial charge >= 0.3 is 0 Å². The zero-order chi connectivity index (χ0) is 25.2. The van der Waals surface area contributed by atoms with Gasteiger partial charge in [0.2, 0.25) is 0 Å². The zero-order valence-corrected chi connectivity index (χ0v) is 22.6. The molecule has 0 saturated heterocycles. The van der Waals surface area contributed by atoms with E-state index in [1.54, 1.807) is 0 Å². The van der Waals surface area contributed by atoms with E-state index in [1.165, 1.54) is 22.3 Å². The third-order valence-corrected chi connectivity index (χ3v) is 7.54. The Morgan fingerprint density at radius 1 is 0.514 bits per heavy atom. The minimum absolute atomic E-state index is 0.0652. The summed E-state index contributed by atoms with van der Waals surface area (Å²) in [4.78, 5) is 9.48. The first-order chi connectivity index (χ1) is 16.4. The fourth-order valence-corrected chi connectivity index (χ4v) is 5.51. The minimum Gasteiger partial charge on any atom is -0.234 e. The molecule has 2 heterocycles. The summed E-state index contributed by atoms with van der Waals surface area (Å²) in [6.45, 7) is 13.4. The van der Waals surface area contributed by atoms with Crippen molar-refractivity contribution in [3.05, 3.63) is 116 Å². The SMILES string of the molecule is CC(C)(C)c1ccc(C2(c3ccc(C(C)(C)C)cc3)c3ccc(Cl)nc3-c3nc(Cl)ccc32)cc1. The summed E-state index contributed by atoms with van der Waals surface area (Å²) in [7, 11) is 0. The molecule has 0 unspecified atom stereocenters. The molecule has 5 rings (SSSR count). The minimum atomic E-state index is -0.577. The highest BCUT2D eigenvalue weighted by Gasteiger charge is 2.48. The second kappa shape index (κ2) is 8.18. The Morgan fingerprint density at radius 2 is 0.857 bits per heavy atom. The van der Waals surface area contributed by atoms with E-state index in [9.17, 15) is 0 Å².